The van der Waals surface area contributed by atoms with E-state index in [4.69, 9.17) is 4.74 Å². The lowest BCUT2D eigenvalue weighted by atomic mass is 10.0. The maximum atomic E-state index is 12.1. The number of nitriles is 1. The minimum atomic E-state index is -0.474. The van der Waals surface area contributed by atoms with Gasteiger partial charge in [0.15, 0.2) is 0 Å². The summed E-state index contributed by atoms with van der Waals surface area (Å²) in [5.41, 5.74) is 4.18. The number of esters is 1. The third-order valence-electron chi connectivity index (χ3n) is 3.88. The predicted octanol–water partition coefficient (Wildman–Crippen LogP) is 4.27. The number of ether oxygens (including phenoxy) is 1. The van der Waals surface area contributed by atoms with Crippen LogP contribution in [0.15, 0.2) is 53.3 Å². The summed E-state index contributed by atoms with van der Waals surface area (Å²) in [4.78, 5) is 16.4. The Kier molecular flexibility index (Phi) is 4.68. The first-order valence-corrected chi connectivity index (χ1v) is 8.27. The Balaban J connectivity index is 2.23. The van der Waals surface area contributed by atoms with Gasteiger partial charge in [-0.3, -0.25) is 4.98 Å². The van der Waals surface area contributed by atoms with Crippen molar-refractivity contribution in [2.24, 2.45) is 0 Å². The number of carbonyl (C=O) groups is 1. The molecule has 25 heavy (non-hydrogen) atoms. The summed E-state index contributed by atoms with van der Waals surface area (Å²) in [5, 5.41) is 9.49. The molecule has 0 aliphatic carbocycles. The molecule has 3 rings (SSSR count). The van der Waals surface area contributed by atoms with E-state index in [9.17, 15) is 10.1 Å². The summed E-state index contributed by atoms with van der Waals surface area (Å²) in [6.45, 7) is 1.93. The molecule has 0 N–H and O–H groups in total. The molecular formula is C19H14BrN3O2. The van der Waals surface area contributed by atoms with Gasteiger partial charge in [0.2, 0.25) is 0 Å². The molecule has 0 atom stereocenters. The smallest absolute Gasteiger partial charge is 0.355 e. The third-order valence-corrected chi connectivity index (χ3v) is 4.31. The van der Waals surface area contributed by atoms with Crippen LogP contribution in [0.25, 0.3) is 16.8 Å². The van der Waals surface area contributed by atoms with Gasteiger partial charge in [-0.25, -0.2) is 4.79 Å². The fraction of sp³-hybridized carbons (Fsp3) is 0.105. The highest BCUT2D eigenvalue weighted by atomic mass is 79.9. The van der Waals surface area contributed by atoms with Gasteiger partial charge in [-0.15, -0.1) is 0 Å². The van der Waals surface area contributed by atoms with Crippen molar-refractivity contribution in [3.63, 3.8) is 0 Å². The number of benzene rings is 1. The van der Waals surface area contributed by atoms with Gasteiger partial charge in [0, 0.05) is 28.1 Å². The highest BCUT2D eigenvalue weighted by molar-refractivity contribution is 9.10. The summed E-state index contributed by atoms with van der Waals surface area (Å²) in [6.07, 6.45) is 3.48. The zero-order chi connectivity index (χ0) is 18.0. The monoisotopic (exact) mass is 395 g/mol. The number of pyridine rings is 1. The van der Waals surface area contributed by atoms with Gasteiger partial charge < -0.3 is 9.30 Å². The van der Waals surface area contributed by atoms with Crippen LogP contribution in [0.2, 0.25) is 0 Å². The Hall–Kier alpha value is -2.91. The average molecular weight is 396 g/mol. The molecule has 0 unspecified atom stereocenters. The molecule has 6 heteroatoms. The topological polar surface area (TPSA) is 67.9 Å². The van der Waals surface area contributed by atoms with Crippen molar-refractivity contribution in [3.8, 4) is 22.9 Å². The minimum Gasteiger partial charge on any atom is -0.464 e. The van der Waals surface area contributed by atoms with Crippen molar-refractivity contribution in [1.82, 2.24) is 9.55 Å². The first-order valence-electron chi connectivity index (χ1n) is 7.48. The Morgan fingerprint density at radius 1 is 1.32 bits per heavy atom. The van der Waals surface area contributed by atoms with Gasteiger partial charge in [0.25, 0.3) is 0 Å². The second kappa shape index (κ2) is 6.91. The number of halogens is 1. The van der Waals surface area contributed by atoms with Crippen molar-refractivity contribution in [2.45, 2.75) is 6.92 Å². The zero-order valence-electron chi connectivity index (χ0n) is 13.7. The number of aromatic nitrogens is 2. The molecule has 0 aliphatic rings. The van der Waals surface area contributed by atoms with Gasteiger partial charge >= 0.3 is 5.97 Å². The van der Waals surface area contributed by atoms with Gasteiger partial charge in [-0.1, -0.05) is 12.1 Å². The Morgan fingerprint density at radius 2 is 2.12 bits per heavy atom. The molecule has 124 valence electrons. The summed E-state index contributed by atoms with van der Waals surface area (Å²) in [7, 11) is 1.33. The molecule has 0 bridgehead atoms. The van der Waals surface area contributed by atoms with Crippen molar-refractivity contribution < 1.29 is 9.53 Å². The van der Waals surface area contributed by atoms with Crippen LogP contribution in [0.1, 0.15) is 21.7 Å². The Labute approximate surface area is 153 Å². The number of rotatable bonds is 3. The SMILES string of the molecule is COC(=O)c1cc(Br)cn1-c1cc(-c2cccnc2C)ccc1C#N. The van der Waals surface area contributed by atoms with Crippen LogP contribution < -0.4 is 0 Å². The maximum absolute atomic E-state index is 12.1. The van der Waals surface area contributed by atoms with E-state index in [-0.39, 0.29) is 0 Å². The molecule has 5 nitrogen and oxygen atoms in total. The fourth-order valence-electron chi connectivity index (χ4n) is 2.67. The van der Waals surface area contributed by atoms with Crippen LogP contribution in [-0.4, -0.2) is 22.6 Å². The van der Waals surface area contributed by atoms with Crippen LogP contribution in [-0.2, 0) is 4.74 Å². The highest BCUT2D eigenvalue weighted by Gasteiger charge is 2.18. The first-order chi connectivity index (χ1) is 12.0. The summed E-state index contributed by atoms with van der Waals surface area (Å²) in [5.74, 6) is -0.474. The lowest BCUT2D eigenvalue weighted by Crippen LogP contribution is -2.09. The molecule has 2 heterocycles. The van der Waals surface area contributed by atoms with E-state index in [1.807, 2.05) is 31.2 Å². The molecule has 0 saturated heterocycles. The van der Waals surface area contributed by atoms with Gasteiger partial charge in [-0.05, 0) is 52.7 Å². The minimum absolute atomic E-state index is 0.339. The molecule has 2 aromatic heterocycles. The summed E-state index contributed by atoms with van der Waals surface area (Å²) in [6, 6.07) is 13.2. The first kappa shape index (κ1) is 16.9. The Morgan fingerprint density at radius 3 is 2.80 bits per heavy atom. The van der Waals surface area contributed by atoms with Gasteiger partial charge in [0.1, 0.15) is 11.8 Å². The van der Waals surface area contributed by atoms with Crippen LogP contribution in [0.4, 0.5) is 0 Å². The van der Waals surface area contributed by atoms with Crippen molar-refractivity contribution in [2.75, 3.05) is 7.11 Å². The van der Waals surface area contributed by atoms with Crippen LogP contribution >= 0.6 is 15.9 Å². The standard InChI is InChI=1S/C19H14BrN3O2/c1-12-16(4-3-7-22-12)13-5-6-14(10-21)17(8-13)23-11-15(20)9-18(23)19(24)25-2/h3-9,11H,1-2H3. The number of aryl methyl sites for hydroxylation is 1. The van der Waals surface area contributed by atoms with Crippen molar-refractivity contribution >= 4 is 21.9 Å². The van der Waals surface area contributed by atoms with E-state index in [0.717, 1.165) is 21.3 Å². The molecule has 1 aromatic carbocycles. The van der Waals surface area contributed by atoms with Crippen LogP contribution in [0.5, 0.6) is 0 Å². The fourth-order valence-corrected chi connectivity index (χ4v) is 3.10. The molecule has 3 aromatic rings. The van der Waals surface area contributed by atoms with E-state index in [1.165, 1.54) is 7.11 Å². The largest absolute Gasteiger partial charge is 0.464 e. The van der Waals surface area contributed by atoms with Crippen LogP contribution in [0, 0.1) is 18.3 Å². The van der Waals surface area contributed by atoms with Crippen molar-refractivity contribution in [3.05, 3.63) is 70.2 Å². The number of hydrogen-bond donors (Lipinski definition) is 0. The van der Waals surface area contributed by atoms with E-state index in [2.05, 4.69) is 27.0 Å². The number of carbonyl (C=O) groups excluding carboxylic acids is 1. The molecule has 0 aliphatic heterocycles. The number of hydrogen-bond acceptors (Lipinski definition) is 4. The normalized spacial score (nSPS) is 10.3. The van der Waals surface area contributed by atoms with Gasteiger partial charge in [0.05, 0.1) is 18.4 Å². The lowest BCUT2D eigenvalue weighted by molar-refractivity contribution is 0.0591. The molecule has 0 saturated carbocycles. The second-order valence-electron chi connectivity index (χ2n) is 5.39. The maximum Gasteiger partial charge on any atom is 0.355 e. The second-order valence-corrected chi connectivity index (χ2v) is 6.30. The van der Waals surface area contributed by atoms with Gasteiger partial charge in [-0.2, -0.15) is 5.26 Å². The predicted molar refractivity (Wildman–Crippen MR) is 97.5 cm³/mol. The molecular weight excluding hydrogens is 382 g/mol. The average Bonchev–Trinajstić information content (AvgIpc) is 3.02. The number of methoxy groups -OCH3 is 1. The molecule has 0 spiro atoms. The highest BCUT2D eigenvalue weighted by Crippen LogP contribution is 2.29. The zero-order valence-corrected chi connectivity index (χ0v) is 15.2. The molecule has 0 fully saturated rings. The van der Waals surface area contributed by atoms with E-state index in [1.54, 1.807) is 29.1 Å². The number of nitrogens with zero attached hydrogens (tertiary/aromatic N) is 3. The summed E-state index contributed by atoms with van der Waals surface area (Å²) >= 11 is 3.38. The summed E-state index contributed by atoms with van der Waals surface area (Å²) < 4.78 is 7.22. The Bertz CT molecular complexity index is 1000. The molecule has 0 radical (unpaired) electrons. The van der Waals surface area contributed by atoms with E-state index < -0.39 is 5.97 Å². The quantitative estimate of drug-likeness (QED) is 0.621. The van der Waals surface area contributed by atoms with E-state index >= 15 is 0 Å². The third kappa shape index (κ3) is 3.19. The van der Waals surface area contributed by atoms with Crippen LogP contribution in [0.3, 0.4) is 0 Å². The van der Waals surface area contributed by atoms with Crippen molar-refractivity contribution in [1.29, 1.82) is 5.26 Å². The lowest BCUT2D eigenvalue weighted by Gasteiger charge is -2.12. The van der Waals surface area contributed by atoms with E-state index in [0.29, 0.717) is 16.9 Å². The molecule has 0 amide bonds.